The molecule has 0 fully saturated rings. The summed E-state index contributed by atoms with van der Waals surface area (Å²) in [7, 11) is -9.92. The van der Waals surface area contributed by atoms with Crippen LogP contribution < -0.4 is 0 Å². The SMILES string of the molecule is CCCCCCCCCCCCCCCCCCC(=O)OC[C@H](COP(=O)(O)OC[C@@H](O)COP(=O)(O)OC[C@@H](COC(=O)CCCCCCCCCC(C)C)OC(=O)CCCCCCCCCCCCCC(C)C)OC(=O)CCCCCCCCCCCCCCCCC(C)C. The molecule has 3 N–H and O–H groups in total. The summed E-state index contributed by atoms with van der Waals surface area (Å²) >= 11 is 0. The van der Waals surface area contributed by atoms with Crippen LogP contribution in [-0.4, -0.2) is 96.7 Å². The summed E-state index contributed by atoms with van der Waals surface area (Å²) in [5.74, 6) is 0.150. The summed E-state index contributed by atoms with van der Waals surface area (Å²) in [6.45, 7) is 11.9. The first-order valence-electron chi connectivity index (χ1n) is 40.3. The van der Waals surface area contributed by atoms with E-state index < -0.39 is 97.5 Å². The first kappa shape index (κ1) is 95.1. The zero-order valence-corrected chi connectivity index (χ0v) is 65.3. The molecule has 17 nitrogen and oxygen atoms in total. The summed E-state index contributed by atoms with van der Waals surface area (Å²) in [4.78, 5) is 72.9. The van der Waals surface area contributed by atoms with Crippen molar-refractivity contribution in [2.24, 2.45) is 17.8 Å². The highest BCUT2D eigenvalue weighted by molar-refractivity contribution is 7.47. The van der Waals surface area contributed by atoms with Crippen LogP contribution in [0.3, 0.4) is 0 Å². The summed E-state index contributed by atoms with van der Waals surface area (Å²) in [5.41, 5.74) is 0. The topological polar surface area (TPSA) is 237 Å². The predicted octanol–water partition coefficient (Wildman–Crippen LogP) is 23.0. The van der Waals surface area contributed by atoms with Crippen molar-refractivity contribution >= 4 is 39.5 Å². The van der Waals surface area contributed by atoms with Crippen LogP contribution in [0.4, 0.5) is 0 Å². The number of aliphatic hydroxyl groups is 1. The average Bonchev–Trinajstić information content (AvgIpc) is 1.61. The van der Waals surface area contributed by atoms with Gasteiger partial charge in [-0.2, -0.15) is 0 Å². The third-order valence-electron chi connectivity index (χ3n) is 18.1. The molecule has 0 radical (unpaired) electrons. The predicted molar refractivity (Wildman–Crippen MR) is 395 cm³/mol. The molecule has 19 heteroatoms. The Labute approximate surface area is 594 Å². The first-order valence-corrected chi connectivity index (χ1v) is 43.3. The fourth-order valence-electron chi connectivity index (χ4n) is 12.0. The van der Waals surface area contributed by atoms with Crippen LogP contribution in [0.15, 0.2) is 0 Å². The number of carbonyl (C=O) groups is 4. The highest BCUT2D eigenvalue weighted by atomic mass is 31.2. The Hall–Kier alpha value is -1.94. The van der Waals surface area contributed by atoms with E-state index in [-0.39, 0.29) is 25.7 Å². The van der Waals surface area contributed by atoms with Crippen molar-refractivity contribution in [2.45, 2.75) is 420 Å². The normalized spacial score (nSPS) is 14.0. The number of ether oxygens (including phenoxy) is 4. The average molecular weight is 1420 g/mol. The van der Waals surface area contributed by atoms with Crippen molar-refractivity contribution in [3.63, 3.8) is 0 Å². The zero-order chi connectivity index (χ0) is 71.6. The van der Waals surface area contributed by atoms with E-state index in [9.17, 15) is 43.2 Å². The van der Waals surface area contributed by atoms with Gasteiger partial charge in [-0.3, -0.25) is 37.3 Å². The molecule has 2 unspecified atom stereocenters. The second-order valence-electron chi connectivity index (χ2n) is 29.5. The molecule has 0 rings (SSSR count). The third-order valence-corrected chi connectivity index (χ3v) is 20.0. The van der Waals surface area contributed by atoms with Gasteiger partial charge in [0.1, 0.15) is 19.3 Å². The molecule has 0 aliphatic rings. The van der Waals surface area contributed by atoms with Crippen LogP contribution in [0.1, 0.15) is 402 Å². The Kier molecular flexibility index (Phi) is 67.1. The van der Waals surface area contributed by atoms with Gasteiger partial charge in [0.25, 0.3) is 0 Å². The fourth-order valence-corrected chi connectivity index (χ4v) is 13.5. The van der Waals surface area contributed by atoms with Gasteiger partial charge in [-0.15, -0.1) is 0 Å². The van der Waals surface area contributed by atoms with Gasteiger partial charge >= 0.3 is 39.5 Å². The standard InChI is InChI=1S/C78H152O17P2/c1-8-9-10-11-12-13-14-15-16-17-21-26-31-38-45-52-59-75(80)88-65-73(94-77(82)61-54-47-39-32-27-22-19-18-20-24-29-35-42-49-56-69(2)3)67-92-96(84,85)90-63-72(79)64-91-97(86,87)93-68-74(66-89-76(81)60-53-46-41-34-37-44-51-58-71(6)7)95-78(83)62-55-48-40-33-28-23-25-30-36-43-50-57-70(4)5/h69-74,79H,8-68H2,1-7H3,(H,84,85)(H,86,87)/t72-,73-,74-/m1/s1. The lowest BCUT2D eigenvalue weighted by Gasteiger charge is -2.21. The maximum Gasteiger partial charge on any atom is 0.472 e. The Bertz CT molecular complexity index is 1890. The molecule has 0 aliphatic carbocycles. The summed E-state index contributed by atoms with van der Waals surface area (Å²) < 4.78 is 68.6. The lowest BCUT2D eigenvalue weighted by Crippen LogP contribution is -2.30. The number of rotatable bonds is 76. The molecule has 0 aromatic carbocycles. The largest absolute Gasteiger partial charge is 0.472 e. The van der Waals surface area contributed by atoms with Gasteiger partial charge in [-0.05, 0) is 43.4 Å². The molecule has 0 spiro atoms. The van der Waals surface area contributed by atoms with E-state index in [4.69, 9.17) is 37.0 Å². The van der Waals surface area contributed by atoms with Gasteiger partial charge in [0.05, 0.1) is 26.4 Å². The summed E-state index contributed by atoms with van der Waals surface area (Å²) in [6, 6.07) is 0. The Balaban J connectivity index is 5.25. The van der Waals surface area contributed by atoms with Crippen molar-refractivity contribution in [3.05, 3.63) is 0 Å². The minimum atomic E-state index is -4.96. The first-order chi connectivity index (χ1) is 46.7. The van der Waals surface area contributed by atoms with Crippen LogP contribution in [0.2, 0.25) is 0 Å². The van der Waals surface area contributed by atoms with E-state index in [0.29, 0.717) is 31.6 Å². The van der Waals surface area contributed by atoms with Crippen LogP contribution in [0.5, 0.6) is 0 Å². The second-order valence-corrected chi connectivity index (χ2v) is 32.4. The molecule has 0 aromatic heterocycles. The van der Waals surface area contributed by atoms with E-state index in [2.05, 4.69) is 48.5 Å². The Morgan fingerprint density at radius 3 is 0.701 bits per heavy atom. The van der Waals surface area contributed by atoms with Gasteiger partial charge in [0.15, 0.2) is 12.2 Å². The lowest BCUT2D eigenvalue weighted by atomic mass is 10.0. The molecule has 0 saturated carbocycles. The minimum Gasteiger partial charge on any atom is -0.462 e. The summed E-state index contributed by atoms with van der Waals surface area (Å²) in [5, 5.41) is 10.6. The number of aliphatic hydroxyl groups excluding tert-OH is 1. The molecule has 0 amide bonds. The molecule has 0 bridgehead atoms. The van der Waals surface area contributed by atoms with E-state index in [1.807, 2.05) is 0 Å². The maximum atomic E-state index is 13.1. The van der Waals surface area contributed by atoms with E-state index >= 15 is 0 Å². The van der Waals surface area contributed by atoms with Crippen molar-refractivity contribution < 1.29 is 80.2 Å². The molecule has 5 atom stereocenters. The van der Waals surface area contributed by atoms with Crippen molar-refractivity contribution in [1.82, 2.24) is 0 Å². The number of hydrogen-bond acceptors (Lipinski definition) is 15. The zero-order valence-electron chi connectivity index (χ0n) is 63.5. The number of carbonyl (C=O) groups excluding carboxylic acids is 4. The van der Waals surface area contributed by atoms with E-state index in [1.165, 1.54) is 205 Å². The molecule has 0 saturated heterocycles. The number of unbranched alkanes of at least 4 members (excludes halogenated alkanes) is 44. The molecule has 576 valence electrons. The lowest BCUT2D eigenvalue weighted by molar-refractivity contribution is -0.161. The van der Waals surface area contributed by atoms with Crippen LogP contribution in [0.25, 0.3) is 0 Å². The molecule has 0 aromatic rings. The van der Waals surface area contributed by atoms with Gasteiger partial charge in [0, 0.05) is 25.7 Å². The van der Waals surface area contributed by atoms with Crippen molar-refractivity contribution in [2.75, 3.05) is 39.6 Å². The Morgan fingerprint density at radius 2 is 0.474 bits per heavy atom. The molecule has 97 heavy (non-hydrogen) atoms. The van der Waals surface area contributed by atoms with Gasteiger partial charge in [0.2, 0.25) is 0 Å². The number of hydrogen-bond donors (Lipinski definition) is 3. The Morgan fingerprint density at radius 1 is 0.278 bits per heavy atom. The fraction of sp³-hybridized carbons (Fsp3) is 0.949. The molecular weight excluding hydrogens is 1270 g/mol. The number of phosphoric acid groups is 2. The maximum absolute atomic E-state index is 13.1. The molecule has 0 aliphatic heterocycles. The van der Waals surface area contributed by atoms with E-state index in [1.54, 1.807) is 0 Å². The van der Waals surface area contributed by atoms with Crippen LogP contribution in [0, 0.1) is 17.8 Å². The van der Waals surface area contributed by atoms with Gasteiger partial charge in [-0.1, -0.05) is 350 Å². The van der Waals surface area contributed by atoms with Crippen LogP contribution >= 0.6 is 15.6 Å². The van der Waals surface area contributed by atoms with E-state index in [0.717, 1.165) is 108 Å². The van der Waals surface area contributed by atoms with Gasteiger partial charge < -0.3 is 33.8 Å². The minimum absolute atomic E-state index is 0.106. The monoisotopic (exact) mass is 1420 g/mol. The van der Waals surface area contributed by atoms with Crippen LogP contribution in [-0.2, 0) is 65.4 Å². The highest BCUT2D eigenvalue weighted by Crippen LogP contribution is 2.45. The van der Waals surface area contributed by atoms with Crippen molar-refractivity contribution in [1.29, 1.82) is 0 Å². The van der Waals surface area contributed by atoms with Crippen molar-refractivity contribution in [3.8, 4) is 0 Å². The second kappa shape index (κ2) is 68.5. The highest BCUT2D eigenvalue weighted by Gasteiger charge is 2.30. The summed E-state index contributed by atoms with van der Waals surface area (Å²) in [6.07, 6.45) is 55.5. The third kappa shape index (κ3) is 72.2. The smallest absolute Gasteiger partial charge is 0.462 e. The van der Waals surface area contributed by atoms with Gasteiger partial charge in [-0.25, -0.2) is 9.13 Å². The molecule has 0 heterocycles. The molecular formula is C78H152O17P2. The number of esters is 4. The number of phosphoric ester groups is 2. The quantitative estimate of drug-likeness (QED) is 0.0222.